The third kappa shape index (κ3) is 19.2. The van der Waals surface area contributed by atoms with E-state index in [9.17, 15) is 68.0 Å². The molecular formula is C40H53N6O16PS2. The summed E-state index contributed by atoms with van der Waals surface area (Å²) < 4.78 is 21.0. The fraction of sp³-hybridized carbons (Fsp3) is 0.450. The highest BCUT2D eigenvalue weighted by Crippen LogP contribution is 2.37. The lowest BCUT2D eigenvalue weighted by molar-refractivity contribution is -0.140. The van der Waals surface area contributed by atoms with Crippen molar-refractivity contribution in [2.45, 2.75) is 83.0 Å². The zero-order valence-corrected chi connectivity index (χ0v) is 37.9. The first-order chi connectivity index (χ1) is 30.7. The van der Waals surface area contributed by atoms with Gasteiger partial charge in [0.2, 0.25) is 29.5 Å². The summed E-state index contributed by atoms with van der Waals surface area (Å²) >= 11 is 0. The van der Waals surface area contributed by atoms with Gasteiger partial charge >= 0.3 is 25.4 Å². The Labute approximate surface area is 380 Å². The minimum Gasteiger partial charge on any atom is -0.508 e. The zero-order chi connectivity index (χ0) is 48.3. The lowest BCUT2D eigenvalue weighted by atomic mass is 9.97. The second-order valence-corrected chi connectivity index (χ2v) is 18.4. The van der Waals surface area contributed by atoms with Gasteiger partial charge in [0.1, 0.15) is 41.2 Å². The summed E-state index contributed by atoms with van der Waals surface area (Å²) in [5.41, 5.74) is 5.08. The van der Waals surface area contributed by atoms with Crippen LogP contribution in [-0.4, -0.2) is 115 Å². The third-order valence-electron chi connectivity index (χ3n) is 9.53. The van der Waals surface area contributed by atoms with Gasteiger partial charge in [0, 0.05) is 61.4 Å². The predicted octanol–water partition coefficient (Wildman–Crippen LogP) is 0.927. The van der Waals surface area contributed by atoms with Crippen LogP contribution in [0.4, 0.5) is 0 Å². The highest BCUT2D eigenvalue weighted by Gasteiger charge is 2.33. The molecule has 5 atom stereocenters. The van der Waals surface area contributed by atoms with Gasteiger partial charge in [-0.1, -0.05) is 54.0 Å². The van der Waals surface area contributed by atoms with E-state index in [1.807, 2.05) is 0 Å². The molecule has 0 bridgehead atoms. The van der Waals surface area contributed by atoms with Gasteiger partial charge in [-0.2, -0.15) is 0 Å². The summed E-state index contributed by atoms with van der Waals surface area (Å²) in [6.07, 6.45) is -2.70. The van der Waals surface area contributed by atoms with Crippen LogP contribution in [0.3, 0.4) is 0 Å². The normalized spacial score (nSPS) is 13.6. The van der Waals surface area contributed by atoms with E-state index in [1.54, 1.807) is 13.8 Å². The number of phosphoric ester groups is 1. The number of rotatable bonds is 28. The first-order valence-corrected chi connectivity index (χ1v) is 24.2. The van der Waals surface area contributed by atoms with Crippen LogP contribution in [0.5, 0.6) is 11.5 Å². The summed E-state index contributed by atoms with van der Waals surface area (Å²) in [5, 5.41) is 41.8. The van der Waals surface area contributed by atoms with Gasteiger partial charge < -0.3 is 56.6 Å². The molecule has 0 spiro atoms. The van der Waals surface area contributed by atoms with E-state index in [2.05, 4.69) is 31.1 Å². The molecule has 0 radical (unpaired) electrons. The Morgan fingerprint density at radius 3 is 1.95 bits per heavy atom. The fourth-order valence-electron chi connectivity index (χ4n) is 6.12. The van der Waals surface area contributed by atoms with E-state index in [1.165, 1.54) is 64.1 Å². The van der Waals surface area contributed by atoms with Gasteiger partial charge in [-0.25, -0.2) is 9.36 Å². The van der Waals surface area contributed by atoms with Crippen molar-refractivity contribution in [2.24, 2.45) is 11.7 Å². The minimum absolute atomic E-state index is 0.0309. The number of carbonyl (C=O) groups is 7. The first kappa shape index (κ1) is 53.7. The second-order valence-electron chi connectivity index (χ2n) is 14.6. The van der Waals surface area contributed by atoms with E-state index in [0.29, 0.717) is 30.0 Å². The Bertz CT molecular complexity index is 2260. The van der Waals surface area contributed by atoms with E-state index >= 15 is 0 Å². The fourth-order valence-corrected chi connectivity index (χ4v) is 8.28. The van der Waals surface area contributed by atoms with Crippen LogP contribution < -0.4 is 42.5 Å². The topological polar surface area (TPSA) is 363 Å². The Morgan fingerprint density at radius 1 is 0.800 bits per heavy atom. The molecule has 5 amide bonds. The van der Waals surface area contributed by atoms with Gasteiger partial charge in [-0.3, -0.25) is 43.3 Å². The second kappa shape index (κ2) is 26.3. The van der Waals surface area contributed by atoms with Crippen molar-refractivity contribution in [3.63, 3.8) is 0 Å². The number of aliphatic carboxylic acids is 2. The van der Waals surface area contributed by atoms with E-state index in [4.69, 9.17) is 10.2 Å². The Balaban J connectivity index is 1.91. The summed E-state index contributed by atoms with van der Waals surface area (Å²) in [7, 11) is -1.91. The van der Waals surface area contributed by atoms with Crippen LogP contribution in [0.25, 0.3) is 11.0 Å². The molecule has 356 valence electrons. The van der Waals surface area contributed by atoms with Crippen molar-refractivity contribution in [2.75, 3.05) is 24.6 Å². The quantitative estimate of drug-likeness (QED) is 0.0209. The summed E-state index contributed by atoms with van der Waals surface area (Å²) in [6, 6.07) is 3.99. The van der Waals surface area contributed by atoms with Gasteiger partial charge in [0.05, 0.1) is 6.42 Å². The molecule has 1 aromatic heterocycles. The number of phosphoric acid groups is 1. The maximum Gasteiger partial charge on any atom is 0.524 e. The number of carboxylic acids is 2. The maximum atomic E-state index is 14.1. The lowest BCUT2D eigenvalue weighted by Gasteiger charge is -2.28. The number of nitrogens with two attached hydrogens (primary N) is 1. The number of phenolic OH excluding ortho intramolecular Hbond substituents is 1. The number of hydrogen-bond acceptors (Lipinski definition) is 15. The zero-order valence-electron chi connectivity index (χ0n) is 35.4. The van der Waals surface area contributed by atoms with Crippen LogP contribution in [0.2, 0.25) is 0 Å². The van der Waals surface area contributed by atoms with Crippen LogP contribution in [-0.2, 0) is 51.0 Å². The number of carbonyl (C=O) groups excluding carboxylic acids is 5. The number of aromatic hydroxyl groups is 1. The van der Waals surface area contributed by atoms with Crippen molar-refractivity contribution in [1.29, 1.82) is 0 Å². The average Bonchev–Trinajstić information content (AvgIpc) is 3.22. The molecule has 22 nitrogen and oxygen atoms in total. The number of amides is 5. The van der Waals surface area contributed by atoms with Crippen LogP contribution in [0.1, 0.15) is 57.1 Å². The first-order valence-electron chi connectivity index (χ1n) is 20.2. The largest absolute Gasteiger partial charge is 0.524 e. The molecule has 3 aromatic rings. The smallest absolute Gasteiger partial charge is 0.508 e. The van der Waals surface area contributed by atoms with Crippen LogP contribution >= 0.6 is 29.4 Å². The Morgan fingerprint density at radius 2 is 1.38 bits per heavy atom. The van der Waals surface area contributed by atoms with E-state index in [0.717, 1.165) is 6.07 Å². The Hall–Kier alpha value is -5.65. The highest BCUT2D eigenvalue weighted by atomic mass is 33.1. The van der Waals surface area contributed by atoms with Gasteiger partial charge in [-0.15, -0.1) is 0 Å². The molecule has 1 heterocycles. The molecule has 0 fully saturated rings. The third-order valence-corrected chi connectivity index (χ3v) is 12.4. The standard InChI is InChI=1S/C40H53N6O16PS2/c1-3-22(2)36(40(57)42-15-17-65-64-16-14-41)46-38(55)29(11-13-34(51)52)44-37(54)28(10-12-33(49)50)45-39(56)30(18-23-4-7-26(8-5-23)62-63(58,59)60)43-32(48)19-24-20-35(53)61-31-21-25(47)6-9-27(24)31/h4-9,20-22,28-30,36,47H,3,10-19,41H2,1-2H3,(H,42,57)(H,43,48)(H,44,54)(H,45,56)(H,46,55)(H,49,50)(H,51,52)(H2,58,59,60)/t22-,28-,29-,30-,36-/m0/s1. The number of carboxylic acid groups (broad SMARTS) is 2. The number of phenols is 1. The summed E-state index contributed by atoms with van der Waals surface area (Å²) in [6.45, 7) is 4.25. The SMILES string of the molecule is CC[C@H](C)[C@H](NC(=O)[C@H](CCC(=O)O)NC(=O)[C@H](CCC(=O)O)NC(=O)[C@H](Cc1ccc(OP(=O)(O)O)cc1)NC(=O)Cc1cc(=O)oc2cc(O)ccc12)C(=O)NCCSSCCN. The van der Waals surface area contributed by atoms with Gasteiger partial charge in [0.25, 0.3) is 0 Å². The molecule has 0 saturated heterocycles. The molecule has 0 aliphatic rings. The minimum atomic E-state index is -4.93. The average molecular weight is 969 g/mol. The molecule has 0 saturated carbocycles. The van der Waals surface area contributed by atoms with E-state index < -0.39 is 117 Å². The van der Waals surface area contributed by atoms with Crippen LogP contribution in [0.15, 0.2) is 57.7 Å². The number of nitrogens with one attached hydrogen (secondary N) is 5. The summed E-state index contributed by atoms with van der Waals surface area (Å²) in [5.74, 6) is -6.72. The lowest BCUT2D eigenvalue weighted by Crippen LogP contribution is -2.59. The van der Waals surface area contributed by atoms with Gasteiger partial charge in [-0.05, 0) is 54.2 Å². The van der Waals surface area contributed by atoms with Crippen molar-refractivity contribution in [1.82, 2.24) is 26.6 Å². The molecule has 0 unspecified atom stereocenters. The molecule has 25 heteroatoms. The Kier molecular flexibility index (Phi) is 21.8. The maximum absolute atomic E-state index is 14.1. The van der Waals surface area contributed by atoms with Gasteiger partial charge in [0.15, 0.2) is 0 Å². The van der Waals surface area contributed by atoms with Crippen molar-refractivity contribution >= 4 is 81.9 Å². The molecule has 0 aliphatic carbocycles. The number of fused-ring (bicyclic) bond motifs is 1. The van der Waals surface area contributed by atoms with Crippen molar-refractivity contribution < 1.29 is 72.2 Å². The number of hydrogen-bond donors (Lipinski definition) is 11. The molecule has 65 heavy (non-hydrogen) atoms. The number of benzene rings is 2. The predicted molar refractivity (Wildman–Crippen MR) is 239 cm³/mol. The monoisotopic (exact) mass is 968 g/mol. The molecule has 0 aliphatic heterocycles. The molecular weight excluding hydrogens is 916 g/mol. The molecule has 12 N–H and O–H groups in total. The van der Waals surface area contributed by atoms with Crippen molar-refractivity contribution in [3.05, 3.63) is 70.1 Å². The molecule has 3 rings (SSSR count). The summed E-state index contributed by atoms with van der Waals surface area (Å²) in [4.78, 5) is 123. The highest BCUT2D eigenvalue weighted by molar-refractivity contribution is 8.76. The van der Waals surface area contributed by atoms with E-state index in [-0.39, 0.29) is 41.0 Å². The van der Waals surface area contributed by atoms with Crippen LogP contribution in [0, 0.1) is 5.92 Å². The molecule has 2 aromatic carbocycles. The van der Waals surface area contributed by atoms with Crippen molar-refractivity contribution in [3.8, 4) is 11.5 Å².